The van der Waals surface area contributed by atoms with E-state index in [1.54, 1.807) is 15.9 Å². The standard InChI is InChI=1S/C17H18N4O2S2/c22-15(18-9-8-14-7-4-10-24-14)12-25-17-20-19-16(23)21(17)11-13-5-2-1-3-6-13/h1-7,10H,8-9,11-12H2,(H,18,22)(H,19,23). The van der Waals surface area contributed by atoms with E-state index in [4.69, 9.17) is 0 Å². The molecule has 2 N–H and O–H groups in total. The molecule has 1 aromatic carbocycles. The van der Waals surface area contributed by atoms with Crippen molar-refractivity contribution < 1.29 is 4.79 Å². The van der Waals surface area contributed by atoms with E-state index in [0.717, 1.165) is 12.0 Å². The molecule has 0 aliphatic heterocycles. The van der Waals surface area contributed by atoms with Crippen molar-refractivity contribution in [2.24, 2.45) is 0 Å². The zero-order valence-electron chi connectivity index (χ0n) is 13.5. The molecule has 3 rings (SSSR count). The maximum atomic E-state index is 12.0. The Bertz CT molecular complexity index is 856. The molecule has 0 aliphatic rings. The second-order valence-corrected chi connectivity index (χ2v) is 7.33. The highest BCUT2D eigenvalue weighted by Gasteiger charge is 2.11. The molecule has 130 valence electrons. The van der Waals surface area contributed by atoms with E-state index in [1.165, 1.54) is 16.6 Å². The lowest BCUT2D eigenvalue weighted by molar-refractivity contribution is -0.118. The van der Waals surface area contributed by atoms with Crippen LogP contribution in [0.5, 0.6) is 0 Å². The minimum atomic E-state index is -0.274. The molecular formula is C17H18N4O2S2. The fourth-order valence-corrected chi connectivity index (χ4v) is 3.76. The molecule has 0 fully saturated rings. The van der Waals surface area contributed by atoms with Crippen LogP contribution in [0.25, 0.3) is 0 Å². The van der Waals surface area contributed by atoms with Gasteiger partial charge in [0.2, 0.25) is 5.91 Å². The van der Waals surface area contributed by atoms with Gasteiger partial charge in [-0.05, 0) is 23.4 Å². The molecular weight excluding hydrogens is 356 g/mol. The minimum Gasteiger partial charge on any atom is -0.355 e. The smallest absolute Gasteiger partial charge is 0.344 e. The van der Waals surface area contributed by atoms with Crippen molar-refractivity contribution in [1.29, 1.82) is 0 Å². The van der Waals surface area contributed by atoms with Gasteiger partial charge in [-0.3, -0.25) is 9.36 Å². The summed E-state index contributed by atoms with van der Waals surface area (Å²) in [6, 6.07) is 13.7. The van der Waals surface area contributed by atoms with E-state index in [1.807, 2.05) is 41.8 Å². The zero-order chi connectivity index (χ0) is 17.5. The summed E-state index contributed by atoms with van der Waals surface area (Å²) >= 11 is 2.94. The molecule has 3 aromatic rings. The number of carbonyl (C=O) groups excluding carboxylic acids is 1. The number of aromatic amines is 1. The molecule has 1 amide bonds. The maximum absolute atomic E-state index is 12.0. The third kappa shape index (κ3) is 5.07. The molecule has 2 aromatic heterocycles. The number of benzene rings is 1. The zero-order valence-corrected chi connectivity index (χ0v) is 15.1. The summed E-state index contributed by atoms with van der Waals surface area (Å²) in [5.74, 6) is 0.159. The van der Waals surface area contributed by atoms with Gasteiger partial charge in [0.25, 0.3) is 0 Å². The van der Waals surface area contributed by atoms with Crippen molar-refractivity contribution >= 4 is 29.0 Å². The number of H-pyrrole nitrogens is 1. The Morgan fingerprint density at radius 3 is 2.84 bits per heavy atom. The van der Waals surface area contributed by atoms with Gasteiger partial charge >= 0.3 is 5.69 Å². The maximum Gasteiger partial charge on any atom is 0.344 e. The fraction of sp³-hybridized carbons (Fsp3) is 0.235. The fourth-order valence-electron chi connectivity index (χ4n) is 2.28. The number of thiophene rings is 1. The van der Waals surface area contributed by atoms with Crippen LogP contribution in [0.4, 0.5) is 0 Å². The summed E-state index contributed by atoms with van der Waals surface area (Å²) < 4.78 is 1.54. The number of thioether (sulfide) groups is 1. The molecule has 0 saturated carbocycles. The van der Waals surface area contributed by atoms with Crippen LogP contribution in [-0.2, 0) is 17.8 Å². The van der Waals surface area contributed by atoms with Gasteiger partial charge in [-0.2, -0.15) is 0 Å². The minimum absolute atomic E-state index is 0.0664. The number of carbonyl (C=O) groups is 1. The Labute approximate surface area is 153 Å². The highest BCUT2D eigenvalue weighted by atomic mass is 32.2. The van der Waals surface area contributed by atoms with Crippen LogP contribution in [-0.4, -0.2) is 33.0 Å². The molecule has 0 aliphatic carbocycles. The monoisotopic (exact) mass is 374 g/mol. The van der Waals surface area contributed by atoms with Crippen LogP contribution >= 0.6 is 23.1 Å². The van der Waals surface area contributed by atoms with Gasteiger partial charge < -0.3 is 5.32 Å². The van der Waals surface area contributed by atoms with Crippen LogP contribution in [0.3, 0.4) is 0 Å². The van der Waals surface area contributed by atoms with Crippen molar-refractivity contribution in [3.63, 3.8) is 0 Å². The Morgan fingerprint density at radius 2 is 2.08 bits per heavy atom. The normalized spacial score (nSPS) is 10.7. The number of nitrogens with one attached hydrogen (secondary N) is 2. The molecule has 0 unspecified atom stereocenters. The first-order valence-corrected chi connectivity index (χ1v) is 9.70. The highest BCUT2D eigenvalue weighted by molar-refractivity contribution is 7.99. The second kappa shape index (κ2) is 8.68. The topological polar surface area (TPSA) is 79.8 Å². The lowest BCUT2D eigenvalue weighted by Crippen LogP contribution is -2.27. The SMILES string of the molecule is O=C(CSc1n[nH]c(=O)n1Cc1ccccc1)NCCc1cccs1. The van der Waals surface area contributed by atoms with Gasteiger partial charge in [-0.15, -0.1) is 16.4 Å². The third-order valence-corrected chi connectivity index (χ3v) is 5.43. The van der Waals surface area contributed by atoms with Gasteiger partial charge in [0.05, 0.1) is 12.3 Å². The van der Waals surface area contributed by atoms with E-state index in [9.17, 15) is 9.59 Å². The van der Waals surface area contributed by atoms with Crippen molar-refractivity contribution in [1.82, 2.24) is 20.1 Å². The summed E-state index contributed by atoms with van der Waals surface area (Å²) in [7, 11) is 0. The third-order valence-electron chi connectivity index (χ3n) is 3.51. The molecule has 2 heterocycles. The summed E-state index contributed by atoms with van der Waals surface area (Å²) in [6.07, 6.45) is 0.829. The Balaban J connectivity index is 1.51. The number of nitrogens with zero attached hydrogens (tertiary/aromatic N) is 2. The van der Waals surface area contributed by atoms with Crippen LogP contribution in [0, 0.1) is 0 Å². The quantitative estimate of drug-likeness (QED) is 0.592. The average molecular weight is 374 g/mol. The summed E-state index contributed by atoms with van der Waals surface area (Å²) in [4.78, 5) is 25.1. The lowest BCUT2D eigenvalue weighted by atomic mass is 10.2. The predicted octanol–water partition coefficient (Wildman–Crippen LogP) is 2.13. The lowest BCUT2D eigenvalue weighted by Gasteiger charge is -2.06. The van der Waals surface area contributed by atoms with Crippen molar-refractivity contribution in [3.05, 3.63) is 68.8 Å². The highest BCUT2D eigenvalue weighted by Crippen LogP contribution is 2.14. The first-order chi connectivity index (χ1) is 12.2. The molecule has 0 spiro atoms. The van der Waals surface area contributed by atoms with Crippen molar-refractivity contribution in [2.45, 2.75) is 18.1 Å². The van der Waals surface area contributed by atoms with E-state index < -0.39 is 0 Å². The summed E-state index contributed by atoms with van der Waals surface area (Å²) in [6.45, 7) is 1.04. The number of rotatable bonds is 8. The van der Waals surface area contributed by atoms with Crippen LogP contribution < -0.4 is 11.0 Å². The van der Waals surface area contributed by atoms with Crippen LogP contribution in [0.2, 0.25) is 0 Å². The van der Waals surface area contributed by atoms with Crippen molar-refractivity contribution in [2.75, 3.05) is 12.3 Å². The molecule has 0 bridgehead atoms. The number of aromatic nitrogens is 3. The second-order valence-electron chi connectivity index (χ2n) is 5.35. The van der Waals surface area contributed by atoms with Crippen LogP contribution in [0.1, 0.15) is 10.4 Å². The van der Waals surface area contributed by atoms with E-state index >= 15 is 0 Å². The Kier molecular flexibility index (Phi) is 6.08. The number of amides is 1. The van der Waals surface area contributed by atoms with E-state index in [2.05, 4.69) is 21.6 Å². The van der Waals surface area contributed by atoms with E-state index in [-0.39, 0.29) is 17.3 Å². The Morgan fingerprint density at radius 1 is 1.24 bits per heavy atom. The molecule has 25 heavy (non-hydrogen) atoms. The first kappa shape index (κ1) is 17.5. The first-order valence-electron chi connectivity index (χ1n) is 7.83. The van der Waals surface area contributed by atoms with Gasteiger partial charge in [0.1, 0.15) is 0 Å². The van der Waals surface area contributed by atoms with Gasteiger partial charge in [0.15, 0.2) is 5.16 Å². The Hall–Kier alpha value is -2.32. The molecule has 0 radical (unpaired) electrons. The van der Waals surface area contributed by atoms with Gasteiger partial charge in [0, 0.05) is 11.4 Å². The molecule has 6 nitrogen and oxygen atoms in total. The molecule has 0 atom stereocenters. The number of hydrogen-bond acceptors (Lipinski definition) is 5. The number of hydrogen-bond donors (Lipinski definition) is 2. The summed E-state index contributed by atoms with van der Waals surface area (Å²) in [5, 5.41) is 11.9. The van der Waals surface area contributed by atoms with Gasteiger partial charge in [-0.1, -0.05) is 48.2 Å². The molecule has 0 saturated heterocycles. The summed E-state index contributed by atoms with van der Waals surface area (Å²) in [5.41, 5.74) is 0.734. The van der Waals surface area contributed by atoms with Crippen LogP contribution in [0.15, 0.2) is 57.8 Å². The van der Waals surface area contributed by atoms with Crippen molar-refractivity contribution in [3.8, 4) is 0 Å². The predicted molar refractivity (Wildman–Crippen MR) is 100 cm³/mol. The van der Waals surface area contributed by atoms with E-state index in [0.29, 0.717) is 18.2 Å². The molecule has 8 heteroatoms. The van der Waals surface area contributed by atoms with Gasteiger partial charge in [-0.25, -0.2) is 9.89 Å². The average Bonchev–Trinajstić information content (AvgIpc) is 3.25. The largest absolute Gasteiger partial charge is 0.355 e.